The lowest BCUT2D eigenvalue weighted by Crippen LogP contribution is -2.39. The smallest absolute Gasteiger partial charge is 0.338 e. The molecule has 2 unspecified atom stereocenters. The van der Waals surface area contributed by atoms with Crippen LogP contribution in [0.5, 0.6) is 0 Å². The third-order valence-electron chi connectivity index (χ3n) is 5.03. The molecule has 0 amide bonds. The van der Waals surface area contributed by atoms with E-state index in [2.05, 4.69) is 31.2 Å². The second-order valence-electron chi connectivity index (χ2n) is 7.27. The number of carbonyl (C=O) groups excluding carboxylic acids is 1. The van der Waals surface area contributed by atoms with Crippen LogP contribution in [0.25, 0.3) is 0 Å². The third-order valence-corrected chi connectivity index (χ3v) is 5.03. The minimum absolute atomic E-state index is 0.0335. The van der Waals surface area contributed by atoms with E-state index < -0.39 is 18.4 Å². The molecule has 0 aromatic rings. The van der Waals surface area contributed by atoms with Gasteiger partial charge in [-0.05, 0) is 44.4 Å². The van der Waals surface area contributed by atoms with Crippen LogP contribution in [0, 0.1) is 11.8 Å². The van der Waals surface area contributed by atoms with Crippen LogP contribution in [0.15, 0.2) is 24.3 Å². The predicted octanol–water partition coefficient (Wildman–Crippen LogP) is 2.85. The maximum atomic E-state index is 12.2. The van der Waals surface area contributed by atoms with Gasteiger partial charge in [-0.25, -0.2) is 4.79 Å². The van der Waals surface area contributed by atoms with E-state index in [0.717, 1.165) is 38.5 Å². The Hall–Kier alpha value is -1.54. The van der Waals surface area contributed by atoms with Crippen molar-refractivity contribution in [2.24, 2.45) is 11.8 Å². The molecule has 0 aromatic heterocycles. The summed E-state index contributed by atoms with van der Waals surface area (Å²) in [7, 11) is 0. The fourth-order valence-electron chi connectivity index (χ4n) is 3.50. The number of carboxylic acid groups (broad SMARTS) is 1. The van der Waals surface area contributed by atoms with Gasteiger partial charge in [0.05, 0.1) is 13.2 Å². The lowest BCUT2D eigenvalue weighted by molar-refractivity contribution is -0.199. The fourth-order valence-corrected chi connectivity index (χ4v) is 3.50. The molecule has 7 nitrogen and oxygen atoms in total. The monoisotopic (exact) mass is 412 g/mol. The van der Waals surface area contributed by atoms with Gasteiger partial charge in [0.1, 0.15) is 5.78 Å². The van der Waals surface area contributed by atoms with Gasteiger partial charge in [-0.2, -0.15) is 0 Å². The highest BCUT2D eigenvalue weighted by molar-refractivity contribution is 5.83. The number of ketones is 1. The Labute approximate surface area is 173 Å². The zero-order valence-electron chi connectivity index (χ0n) is 17.4. The molecule has 7 heteroatoms. The maximum absolute atomic E-state index is 12.2. The second-order valence-corrected chi connectivity index (χ2v) is 7.27. The molecule has 29 heavy (non-hydrogen) atoms. The fraction of sp³-hybridized carbons (Fsp3) is 0.727. The molecule has 0 aliphatic heterocycles. The van der Waals surface area contributed by atoms with E-state index in [1.807, 2.05) is 0 Å². The first kappa shape index (κ1) is 25.5. The van der Waals surface area contributed by atoms with E-state index in [0.29, 0.717) is 24.5 Å². The van der Waals surface area contributed by atoms with Crippen molar-refractivity contribution in [2.45, 2.75) is 70.7 Å². The van der Waals surface area contributed by atoms with Gasteiger partial charge in [0.2, 0.25) is 6.10 Å². The molecule has 1 saturated carbocycles. The summed E-state index contributed by atoms with van der Waals surface area (Å²) in [4.78, 5) is 23.3. The van der Waals surface area contributed by atoms with E-state index in [1.54, 1.807) is 0 Å². The van der Waals surface area contributed by atoms with Crippen LogP contribution in [-0.4, -0.2) is 59.3 Å². The van der Waals surface area contributed by atoms with Crippen molar-refractivity contribution in [1.82, 2.24) is 0 Å². The Morgan fingerprint density at radius 2 is 1.93 bits per heavy atom. The zero-order chi connectivity index (χ0) is 21.5. The Bertz CT molecular complexity index is 529. The number of hydrogen-bond acceptors (Lipinski definition) is 6. The minimum Gasteiger partial charge on any atom is -0.479 e. The van der Waals surface area contributed by atoms with Gasteiger partial charge < -0.3 is 24.8 Å². The molecule has 0 saturated heterocycles. The molecular formula is C22H36O7. The molecular weight excluding hydrogens is 376 g/mol. The van der Waals surface area contributed by atoms with E-state index in [-0.39, 0.29) is 25.7 Å². The zero-order valence-corrected chi connectivity index (χ0v) is 17.4. The molecule has 0 radical (unpaired) electrons. The van der Waals surface area contributed by atoms with E-state index in [9.17, 15) is 14.7 Å². The SMILES string of the molecule is CCC=CCCC=C[C@H]1CCC(=O)[C@@H]1CCCCOC(C(=O)O)C(O)OCCO. The first-order chi connectivity index (χ1) is 14.0. The van der Waals surface area contributed by atoms with Crippen LogP contribution >= 0.6 is 0 Å². The summed E-state index contributed by atoms with van der Waals surface area (Å²) in [6.07, 6.45) is 12.3. The summed E-state index contributed by atoms with van der Waals surface area (Å²) >= 11 is 0. The van der Waals surface area contributed by atoms with E-state index in [4.69, 9.17) is 19.7 Å². The van der Waals surface area contributed by atoms with E-state index in [1.165, 1.54) is 0 Å². The van der Waals surface area contributed by atoms with Crippen LogP contribution in [0.2, 0.25) is 0 Å². The Morgan fingerprint density at radius 3 is 2.62 bits per heavy atom. The summed E-state index contributed by atoms with van der Waals surface area (Å²) in [6.45, 7) is 1.79. The van der Waals surface area contributed by atoms with Crippen LogP contribution < -0.4 is 0 Å². The first-order valence-corrected chi connectivity index (χ1v) is 10.6. The molecule has 1 aliphatic carbocycles. The molecule has 0 bridgehead atoms. The van der Waals surface area contributed by atoms with Gasteiger partial charge in [0.15, 0.2) is 6.29 Å². The Balaban J connectivity index is 2.33. The van der Waals surface area contributed by atoms with Crippen molar-refractivity contribution in [3.05, 3.63) is 24.3 Å². The second kappa shape index (κ2) is 15.3. The van der Waals surface area contributed by atoms with Crippen molar-refractivity contribution in [1.29, 1.82) is 0 Å². The molecule has 166 valence electrons. The molecule has 1 rings (SSSR count). The standard InChI is InChI=1S/C22H36O7/c1-2-3-4-5-6-7-10-17-12-13-19(24)18(17)11-8-9-15-28-20(21(25)26)22(27)29-16-14-23/h3-4,7,10,17-18,20,22-23,27H,2,5-6,8-9,11-16H2,1H3,(H,25,26)/t17-,18+,20?,22?/m0/s1. The lowest BCUT2D eigenvalue weighted by atomic mass is 9.90. The van der Waals surface area contributed by atoms with Crippen molar-refractivity contribution in [3.8, 4) is 0 Å². The highest BCUT2D eigenvalue weighted by Crippen LogP contribution is 2.33. The molecule has 3 N–H and O–H groups in total. The summed E-state index contributed by atoms with van der Waals surface area (Å²) in [5, 5.41) is 27.4. The number of allylic oxidation sites excluding steroid dienone is 4. The van der Waals surface area contributed by atoms with Crippen molar-refractivity contribution < 1.29 is 34.4 Å². The Morgan fingerprint density at radius 1 is 1.17 bits per heavy atom. The highest BCUT2D eigenvalue weighted by Gasteiger charge is 2.32. The topological polar surface area (TPSA) is 113 Å². The number of aliphatic carboxylic acids is 1. The number of rotatable bonds is 16. The van der Waals surface area contributed by atoms with Gasteiger partial charge in [-0.1, -0.05) is 37.6 Å². The van der Waals surface area contributed by atoms with Crippen LogP contribution in [0.1, 0.15) is 58.3 Å². The molecule has 1 aliphatic rings. The van der Waals surface area contributed by atoms with Crippen molar-refractivity contribution in [2.75, 3.05) is 19.8 Å². The number of unbranched alkanes of at least 4 members (excludes halogenated alkanes) is 2. The number of carboxylic acids is 1. The summed E-state index contributed by atoms with van der Waals surface area (Å²) in [6, 6.07) is 0. The summed E-state index contributed by atoms with van der Waals surface area (Å²) in [5.74, 6) is -0.687. The number of aliphatic hydroxyl groups is 2. The van der Waals surface area contributed by atoms with Gasteiger partial charge in [0.25, 0.3) is 0 Å². The van der Waals surface area contributed by atoms with Gasteiger partial charge >= 0.3 is 5.97 Å². The van der Waals surface area contributed by atoms with E-state index >= 15 is 0 Å². The quantitative estimate of drug-likeness (QED) is 0.203. The van der Waals surface area contributed by atoms with Gasteiger partial charge in [-0.3, -0.25) is 4.79 Å². The molecule has 1 fully saturated rings. The van der Waals surface area contributed by atoms with Gasteiger partial charge in [0, 0.05) is 18.9 Å². The predicted molar refractivity (Wildman–Crippen MR) is 109 cm³/mol. The maximum Gasteiger partial charge on any atom is 0.338 e. The first-order valence-electron chi connectivity index (χ1n) is 10.6. The largest absolute Gasteiger partial charge is 0.479 e. The highest BCUT2D eigenvalue weighted by atomic mass is 16.6. The number of Topliss-reactive ketones (excluding diaryl/α,β-unsaturated/α-hetero) is 1. The number of hydrogen-bond donors (Lipinski definition) is 3. The van der Waals surface area contributed by atoms with Crippen molar-refractivity contribution in [3.63, 3.8) is 0 Å². The van der Waals surface area contributed by atoms with Crippen LogP contribution in [-0.2, 0) is 19.1 Å². The number of carbonyl (C=O) groups is 2. The molecule has 0 spiro atoms. The number of ether oxygens (including phenoxy) is 2. The third kappa shape index (κ3) is 10.2. The molecule has 0 aromatic carbocycles. The average Bonchev–Trinajstić information content (AvgIpc) is 3.04. The Kier molecular flexibility index (Phi) is 13.5. The van der Waals surface area contributed by atoms with Crippen molar-refractivity contribution >= 4 is 11.8 Å². The van der Waals surface area contributed by atoms with Crippen LogP contribution in [0.3, 0.4) is 0 Å². The minimum atomic E-state index is -1.63. The number of aliphatic hydroxyl groups excluding tert-OH is 2. The molecule has 4 atom stereocenters. The van der Waals surface area contributed by atoms with Gasteiger partial charge in [-0.15, -0.1) is 0 Å². The average molecular weight is 413 g/mol. The summed E-state index contributed by atoms with van der Waals surface area (Å²) in [5.41, 5.74) is 0. The molecule has 0 heterocycles. The van der Waals surface area contributed by atoms with Crippen LogP contribution in [0.4, 0.5) is 0 Å². The normalized spacial score (nSPS) is 22.0. The lowest BCUT2D eigenvalue weighted by Gasteiger charge is -2.20. The summed E-state index contributed by atoms with van der Waals surface area (Å²) < 4.78 is 10.0.